The van der Waals surface area contributed by atoms with Crippen molar-refractivity contribution in [2.45, 2.75) is 24.1 Å². The summed E-state index contributed by atoms with van der Waals surface area (Å²) in [5, 5.41) is 3.04. The highest BCUT2D eigenvalue weighted by Gasteiger charge is 2.23. The van der Waals surface area contributed by atoms with E-state index < -0.39 is 0 Å². The summed E-state index contributed by atoms with van der Waals surface area (Å²) >= 11 is 9.27. The summed E-state index contributed by atoms with van der Waals surface area (Å²) in [5.74, 6) is 0.623. The maximum Gasteiger partial charge on any atom is 0.252 e. The van der Waals surface area contributed by atoms with Crippen LogP contribution in [0.3, 0.4) is 0 Å². The predicted molar refractivity (Wildman–Crippen MR) is 89.2 cm³/mol. The highest BCUT2D eigenvalue weighted by molar-refractivity contribution is 14.1. The van der Waals surface area contributed by atoms with Crippen molar-refractivity contribution in [3.8, 4) is 0 Å². The van der Waals surface area contributed by atoms with Gasteiger partial charge in [-0.1, -0.05) is 15.9 Å². The van der Waals surface area contributed by atoms with Gasteiger partial charge >= 0.3 is 0 Å². The molecule has 5 heteroatoms. The number of hydrogen-bond acceptors (Lipinski definition) is 1. The summed E-state index contributed by atoms with van der Waals surface area (Å²) in [5.41, 5.74) is 0.718. The van der Waals surface area contributed by atoms with Crippen LogP contribution in [-0.2, 0) is 0 Å². The molecule has 0 aromatic heterocycles. The van der Waals surface area contributed by atoms with E-state index in [1.54, 1.807) is 0 Å². The van der Waals surface area contributed by atoms with Crippen LogP contribution in [0.2, 0.25) is 0 Å². The smallest absolute Gasteiger partial charge is 0.252 e. The van der Waals surface area contributed by atoms with Crippen LogP contribution < -0.4 is 5.32 Å². The van der Waals surface area contributed by atoms with Crippen molar-refractivity contribution in [3.05, 3.63) is 31.8 Å². The number of carbonyl (C=O) groups is 1. The topological polar surface area (TPSA) is 29.1 Å². The molecule has 2 unspecified atom stereocenters. The van der Waals surface area contributed by atoms with Crippen LogP contribution in [0.5, 0.6) is 0 Å². The quantitative estimate of drug-likeness (QED) is 0.499. The van der Waals surface area contributed by atoms with E-state index in [-0.39, 0.29) is 5.91 Å². The minimum Gasteiger partial charge on any atom is -0.352 e. The second kappa shape index (κ2) is 6.70. The van der Waals surface area contributed by atoms with Crippen LogP contribution >= 0.6 is 54.5 Å². The Bertz CT molecular complexity index is 453. The third-order valence-corrected chi connectivity index (χ3v) is 5.40. The molecule has 0 radical (unpaired) electrons. The Hall–Kier alpha value is 0.380. The summed E-state index contributed by atoms with van der Waals surface area (Å²) in [6, 6.07) is 5.80. The van der Waals surface area contributed by atoms with Crippen molar-refractivity contribution < 1.29 is 4.79 Å². The maximum absolute atomic E-state index is 12.1. The third-order valence-electron chi connectivity index (χ3n) is 3.20. The number of benzene rings is 1. The molecule has 0 saturated heterocycles. The average molecular weight is 487 g/mol. The van der Waals surface area contributed by atoms with Gasteiger partial charge in [0, 0.05) is 19.4 Å². The zero-order valence-electron chi connectivity index (χ0n) is 9.76. The van der Waals surface area contributed by atoms with Crippen LogP contribution in [0.15, 0.2) is 22.7 Å². The Labute approximate surface area is 138 Å². The van der Waals surface area contributed by atoms with E-state index in [2.05, 4.69) is 59.8 Å². The van der Waals surface area contributed by atoms with E-state index in [9.17, 15) is 4.79 Å². The van der Waals surface area contributed by atoms with E-state index in [1.165, 1.54) is 12.8 Å². The molecular formula is C13H14Br2INO. The minimum atomic E-state index is 0.0124. The lowest BCUT2D eigenvalue weighted by Crippen LogP contribution is -2.28. The van der Waals surface area contributed by atoms with E-state index in [1.807, 2.05) is 18.2 Å². The number of nitrogens with one attached hydrogen (secondary N) is 1. The highest BCUT2D eigenvalue weighted by atomic mass is 127. The standard InChI is InChI=1S/C13H14Br2INO/c14-9-2-1-8(5-9)7-17-13(18)11-6-10(16)3-4-12(11)15/h3-4,6,8-9H,1-2,5,7H2,(H,17,18). The Morgan fingerprint density at radius 1 is 1.44 bits per heavy atom. The SMILES string of the molecule is O=C(NCC1CCC(Br)C1)c1cc(I)ccc1Br. The van der Waals surface area contributed by atoms with Crippen LogP contribution in [-0.4, -0.2) is 17.3 Å². The number of rotatable bonds is 3. The monoisotopic (exact) mass is 485 g/mol. The molecule has 1 fully saturated rings. The molecule has 1 aromatic carbocycles. The van der Waals surface area contributed by atoms with Crippen molar-refractivity contribution in [3.63, 3.8) is 0 Å². The molecule has 2 atom stereocenters. The normalized spacial score (nSPS) is 23.1. The zero-order valence-corrected chi connectivity index (χ0v) is 15.1. The van der Waals surface area contributed by atoms with Crippen LogP contribution in [0.25, 0.3) is 0 Å². The zero-order chi connectivity index (χ0) is 13.1. The van der Waals surface area contributed by atoms with Crippen LogP contribution in [0.1, 0.15) is 29.6 Å². The number of alkyl halides is 1. The molecule has 1 amide bonds. The molecule has 0 heterocycles. The Balaban J connectivity index is 1.93. The second-order valence-electron chi connectivity index (χ2n) is 4.61. The Morgan fingerprint density at radius 3 is 2.89 bits per heavy atom. The molecule has 1 aliphatic carbocycles. The molecule has 1 aromatic rings. The fourth-order valence-electron chi connectivity index (χ4n) is 2.20. The van der Waals surface area contributed by atoms with E-state index >= 15 is 0 Å². The molecule has 2 rings (SSSR count). The number of halogens is 3. The largest absolute Gasteiger partial charge is 0.352 e. The molecule has 0 bridgehead atoms. The maximum atomic E-state index is 12.1. The average Bonchev–Trinajstić information content (AvgIpc) is 2.75. The number of amides is 1. The second-order valence-corrected chi connectivity index (χ2v) is 8.01. The van der Waals surface area contributed by atoms with Gasteiger partial charge in [-0.25, -0.2) is 0 Å². The lowest BCUT2D eigenvalue weighted by atomic mass is 10.1. The van der Waals surface area contributed by atoms with Gasteiger partial charge in [0.1, 0.15) is 0 Å². The summed E-state index contributed by atoms with van der Waals surface area (Å²) in [4.78, 5) is 12.7. The third kappa shape index (κ3) is 3.93. The first-order valence-electron chi connectivity index (χ1n) is 5.93. The molecule has 1 saturated carbocycles. The van der Waals surface area contributed by atoms with Gasteiger partial charge in [-0.3, -0.25) is 4.79 Å². The highest BCUT2D eigenvalue weighted by Crippen LogP contribution is 2.30. The van der Waals surface area contributed by atoms with Crippen molar-refractivity contribution in [1.29, 1.82) is 0 Å². The Morgan fingerprint density at radius 2 is 2.22 bits per heavy atom. The van der Waals surface area contributed by atoms with Gasteiger partial charge < -0.3 is 5.32 Å². The first kappa shape index (κ1) is 14.8. The predicted octanol–water partition coefficient (Wildman–Crippen LogP) is 4.35. The van der Waals surface area contributed by atoms with Gasteiger partial charge in [-0.15, -0.1) is 0 Å². The van der Waals surface area contributed by atoms with Gasteiger partial charge in [0.2, 0.25) is 0 Å². The number of hydrogen-bond donors (Lipinski definition) is 1. The van der Waals surface area contributed by atoms with Crippen LogP contribution in [0, 0.1) is 9.49 Å². The summed E-state index contributed by atoms with van der Waals surface area (Å²) in [6.07, 6.45) is 3.57. The molecular weight excluding hydrogens is 473 g/mol. The van der Waals surface area contributed by atoms with Crippen molar-refractivity contribution >= 4 is 60.4 Å². The number of carbonyl (C=O) groups excluding carboxylic acids is 1. The molecule has 98 valence electrons. The van der Waals surface area contributed by atoms with Gasteiger partial charge in [-0.2, -0.15) is 0 Å². The fourth-order valence-corrected chi connectivity index (χ4v) is 3.91. The van der Waals surface area contributed by atoms with Gasteiger partial charge in [0.05, 0.1) is 5.56 Å². The van der Waals surface area contributed by atoms with Gasteiger partial charge in [0.25, 0.3) is 5.91 Å². The van der Waals surface area contributed by atoms with Gasteiger partial charge in [-0.05, 0) is 81.9 Å². The molecule has 0 aliphatic heterocycles. The molecule has 18 heavy (non-hydrogen) atoms. The van der Waals surface area contributed by atoms with Crippen molar-refractivity contribution in [2.24, 2.45) is 5.92 Å². The first-order chi connectivity index (χ1) is 8.56. The summed E-state index contributed by atoms with van der Waals surface area (Å²) < 4.78 is 1.92. The molecule has 1 N–H and O–H groups in total. The van der Waals surface area contributed by atoms with Gasteiger partial charge in [0.15, 0.2) is 0 Å². The van der Waals surface area contributed by atoms with E-state index in [4.69, 9.17) is 0 Å². The first-order valence-corrected chi connectivity index (χ1v) is 8.72. The minimum absolute atomic E-state index is 0.0124. The molecule has 1 aliphatic rings. The Kier molecular flexibility index (Phi) is 5.50. The van der Waals surface area contributed by atoms with Crippen molar-refractivity contribution in [1.82, 2.24) is 5.32 Å². The van der Waals surface area contributed by atoms with E-state index in [0.717, 1.165) is 26.6 Å². The van der Waals surface area contributed by atoms with E-state index in [0.29, 0.717) is 10.7 Å². The molecule has 0 spiro atoms. The molecule has 2 nitrogen and oxygen atoms in total. The van der Waals surface area contributed by atoms with Crippen LogP contribution in [0.4, 0.5) is 0 Å². The summed E-state index contributed by atoms with van der Waals surface area (Å²) in [7, 11) is 0. The van der Waals surface area contributed by atoms with Crippen molar-refractivity contribution in [2.75, 3.05) is 6.54 Å². The lowest BCUT2D eigenvalue weighted by Gasteiger charge is -2.12. The fraction of sp³-hybridized carbons (Fsp3) is 0.462. The lowest BCUT2D eigenvalue weighted by molar-refractivity contribution is 0.0946. The summed E-state index contributed by atoms with van der Waals surface area (Å²) in [6.45, 7) is 0.777.